The highest BCUT2D eigenvalue weighted by atomic mass is 79.9. The van der Waals surface area contributed by atoms with Gasteiger partial charge in [-0.3, -0.25) is 0 Å². The molecule has 0 N–H and O–H groups in total. The van der Waals surface area contributed by atoms with Crippen LogP contribution in [0.25, 0.3) is 22.0 Å². The van der Waals surface area contributed by atoms with Crippen molar-refractivity contribution in [2.24, 2.45) is 0 Å². The first-order chi connectivity index (χ1) is 10.1. The first-order valence-corrected chi connectivity index (χ1v) is 7.97. The Bertz CT molecular complexity index is 1020. The van der Waals surface area contributed by atoms with Gasteiger partial charge in [-0.1, -0.05) is 44.0 Å². The zero-order chi connectivity index (χ0) is 14.6. The molecule has 4 aromatic rings. The van der Waals surface area contributed by atoms with Crippen molar-refractivity contribution in [2.45, 2.75) is 0 Å². The molecule has 0 atom stereocenters. The van der Waals surface area contributed by atoms with E-state index in [4.69, 9.17) is 0 Å². The van der Waals surface area contributed by atoms with Gasteiger partial charge in [-0.25, -0.2) is 0 Å². The molecule has 0 radical (unpaired) electrons. The van der Waals surface area contributed by atoms with Gasteiger partial charge in [0.05, 0.1) is 5.39 Å². The zero-order valence-electron chi connectivity index (χ0n) is 10.8. The third-order valence-electron chi connectivity index (χ3n) is 3.55. The summed E-state index contributed by atoms with van der Waals surface area (Å²) in [7, 11) is 0. The van der Waals surface area contributed by atoms with Crippen molar-refractivity contribution in [1.29, 1.82) is 0 Å². The lowest BCUT2D eigenvalue weighted by Crippen LogP contribution is -2.50. The fourth-order valence-corrected chi connectivity index (χ4v) is 3.93. The topological polar surface area (TPSA) is 25.4 Å². The highest BCUT2D eigenvalue weighted by molar-refractivity contribution is 9.11. The highest BCUT2D eigenvalue weighted by Crippen LogP contribution is 2.22. The van der Waals surface area contributed by atoms with Crippen LogP contribution >= 0.6 is 31.9 Å². The SMILES string of the molecule is O=c1n2ccc3cccc(c[n+]1-c1cc(Br)cc(Br)c1)c32. The molecule has 0 aliphatic carbocycles. The number of para-hydroxylation sites is 1. The molecule has 0 amide bonds. The van der Waals surface area contributed by atoms with Gasteiger partial charge in [0.25, 0.3) is 0 Å². The minimum atomic E-state index is -0.0753. The average Bonchev–Trinajstić information content (AvgIpc) is 2.87. The fraction of sp³-hybridized carbons (Fsp3) is 0. The van der Waals surface area contributed by atoms with Gasteiger partial charge in [-0.05, 0) is 30.3 Å². The van der Waals surface area contributed by atoms with E-state index in [2.05, 4.69) is 31.9 Å². The van der Waals surface area contributed by atoms with E-state index in [1.165, 1.54) is 0 Å². The van der Waals surface area contributed by atoms with Gasteiger partial charge in [-0.15, -0.1) is 0 Å². The van der Waals surface area contributed by atoms with Crippen LogP contribution in [-0.2, 0) is 0 Å². The smallest absolute Gasteiger partial charge is 0.196 e. The third kappa shape index (κ3) is 2.00. The molecule has 102 valence electrons. The summed E-state index contributed by atoms with van der Waals surface area (Å²) in [5.41, 5.74) is 1.71. The van der Waals surface area contributed by atoms with Gasteiger partial charge in [0.15, 0.2) is 5.52 Å². The minimum Gasteiger partial charge on any atom is -0.196 e. The molecule has 2 aromatic carbocycles. The lowest BCUT2D eigenvalue weighted by molar-refractivity contribution is -0.614. The van der Waals surface area contributed by atoms with Gasteiger partial charge in [0, 0.05) is 14.3 Å². The summed E-state index contributed by atoms with van der Waals surface area (Å²) >= 11 is 6.93. The maximum absolute atomic E-state index is 12.7. The second-order valence-corrected chi connectivity index (χ2v) is 6.71. The number of nitrogens with zero attached hydrogens (tertiary/aromatic N) is 2. The number of hydrogen-bond acceptors (Lipinski definition) is 1. The first kappa shape index (κ1) is 13.0. The Balaban J connectivity index is 2.14. The van der Waals surface area contributed by atoms with E-state index in [0.29, 0.717) is 0 Å². The highest BCUT2D eigenvalue weighted by Gasteiger charge is 2.18. The van der Waals surface area contributed by atoms with Crippen LogP contribution in [0.5, 0.6) is 0 Å². The summed E-state index contributed by atoms with van der Waals surface area (Å²) in [6.07, 6.45) is 3.71. The largest absolute Gasteiger partial charge is 0.508 e. The van der Waals surface area contributed by atoms with Crippen molar-refractivity contribution in [3.8, 4) is 5.69 Å². The maximum Gasteiger partial charge on any atom is 0.508 e. The second kappa shape index (κ2) is 4.64. The summed E-state index contributed by atoms with van der Waals surface area (Å²) < 4.78 is 5.20. The summed E-state index contributed by atoms with van der Waals surface area (Å²) in [4.78, 5) is 12.7. The molecule has 0 spiro atoms. The molecular formula is C16H9Br2N2O+. The van der Waals surface area contributed by atoms with Crippen LogP contribution in [0, 0.1) is 0 Å². The van der Waals surface area contributed by atoms with Crippen LogP contribution in [-0.4, -0.2) is 4.40 Å². The summed E-state index contributed by atoms with van der Waals surface area (Å²) in [6, 6.07) is 13.8. The lowest BCUT2D eigenvalue weighted by Gasteiger charge is -2.03. The van der Waals surface area contributed by atoms with Gasteiger partial charge < -0.3 is 0 Å². The Labute approximate surface area is 137 Å². The summed E-state index contributed by atoms with van der Waals surface area (Å²) in [5.74, 6) is 0. The minimum absolute atomic E-state index is 0.0753. The Morgan fingerprint density at radius 1 is 0.952 bits per heavy atom. The van der Waals surface area contributed by atoms with E-state index in [0.717, 1.165) is 30.9 Å². The van der Waals surface area contributed by atoms with Crippen molar-refractivity contribution in [2.75, 3.05) is 0 Å². The van der Waals surface area contributed by atoms with Crippen LogP contribution in [0.4, 0.5) is 0 Å². The van der Waals surface area contributed by atoms with Gasteiger partial charge in [-0.2, -0.15) is 13.8 Å². The molecule has 2 heterocycles. The van der Waals surface area contributed by atoms with E-state index in [1.54, 1.807) is 8.97 Å². The fourth-order valence-electron chi connectivity index (χ4n) is 2.66. The van der Waals surface area contributed by atoms with Gasteiger partial charge in [0.2, 0.25) is 0 Å². The van der Waals surface area contributed by atoms with E-state index >= 15 is 0 Å². The Morgan fingerprint density at radius 2 is 1.67 bits per heavy atom. The van der Waals surface area contributed by atoms with Crippen molar-refractivity contribution in [3.05, 3.63) is 74.3 Å². The summed E-state index contributed by atoms with van der Waals surface area (Å²) in [5, 5.41) is 2.11. The average molecular weight is 405 g/mol. The molecule has 0 saturated carbocycles. The Morgan fingerprint density at radius 3 is 2.43 bits per heavy atom. The molecule has 0 aliphatic heterocycles. The Hall–Kier alpha value is -1.72. The zero-order valence-corrected chi connectivity index (χ0v) is 13.9. The second-order valence-electron chi connectivity index (χ2n) is 4.88. The van der Waals surface area contributed by atoms with Gasteiger partial charge in [0.1, 0.15) is 18.1 Å². The van der Waals surface area contributed by atoms with Crippen LogP contribution in [0.1, 0.15) is 0 Å². The van der Waals surface area contributed by atoms with Crippen LogP contribution in [0.3, 0.4) is 0 Å². The van der Waals surface area contributed by atoms with Crippen molar-refractivity contribution in [3.63, 3.8) is 0 Å². The number of rotatable bonds is 1. The monoisotopic (exact) mass is 403 g/mol. The van der Waals surface area contributed by atoms with E-state index in [9.17, 15) is 4.79 Å². The molecule has 0 unspecified atom stereocenters. The standard InChI is InChI=1S/C16H9Br2N2O/c17-12-6-13(18)8-14(7-12)20-9-11-3-1-2-10-4-5-19(15(10)11)16(20)21/h1-9H/q+1. The first-order valence-electron chi connectivity index (χ1n) is 6.38. The number of aromatic nitrogens is 2. The maximum atomic E-state index is 12.7. The Kier molecular flexibility index (Phi) is 2.87. The van der Waals surface area contributed by atoms with Crippen LogP contribution in [0.2, 0.25) is 0 Å². The van der Waals surface area contributed by atoms with Gasteiger partial charge >= 0.3 is 5.69 Å². The normalized spacial score (nSPS) is 11.5. The predicted octanol–water partition coefficient (Wildman–Crippen LogP) is 3.69. The molecule has 21 heavy (non-hydrogen) atoms. The molecule has 2 aromatic heterocycles. The van der Waals surface area contributed by atoms with E-state index < -0.39 is 0 Å². The van der Waals surface area contributed by atoms with Crippen molar-refractivity contribution >= 4 is 48.1 Å². The third-order valence-corrected chi connectivity index (χ3v) is 4.46. The van der Waals surface area contributed by atoms with E-state index in [1.807, 2.05) is 54.9 Å². The molecule has 0 saturated heterocycles. The lowest BCUT2D eigenvalue weighted by atomic mass is 10.2. The molecule has 0 aliphatic rings. The van der Waals surface area contributed by atoms with E-state index in [-0.39, 0.29) is 5.69 Å². The van der Waals surface area contributed by atoms with Crippen LogP contribution in [0.15, 0.2) is 68.6 Å². The van der Waals surface area contributed by atoms with Crippen molar-refractivity contribution in [1.82, 2.24) is 4.40 Å². The molecule has 0 bridgehead atoms. The molecular weight excluding hydrogens is 396 g/mol. The number of hydrogen-bond donors (Lipinski definition) is 0. The summed E-state index contributed by atoms with van der Waals surface area (Å²) in [6.45, 7) is 0. The number of benzene rings is 2. The molecule has 5 heteroatoms. The molecule has 3 nitrogen and oxygen atoms in total. The number of halogens is 2. The quantitative estimate of drug-likeness (QED) is 0.444. The van der Waals surface area contributed by atoms with Crippen LogP contribution < -0.4 is 10.3 Å². The van der Waals surface area contributed by atoms with Crippen molar-refractivity contribution < 1.29 is 4.57 Å². The predicted molar refractivity (Wildman–Crippen MR) is 89.3 cm³/mol. The molecule has 0 fully saturated rings. The molecule has 4 rings (SSSR count).